The summed E-state index contributed by atoms with van der Waals surface area (Å²) in [5.41, 5.74) is 0.0831. The lowest BCUT2D eigenvalue weighted by molar-refractivity contribution is -0.123. The molecular formula is C16H23N3O6S. The van der Waals surface area contributed by atoms with E-state index in [1.54, 1.807) is 0 Å². The van der Waals surface area contributed by atoms with Crippen molar-refractivity contribution in [2.24, 2.45) is 5.92 Å². The van der Waals surface area contributed by atoms with Crippen LogP contribution in [0.25, 0.3) is 0 Å². The fourth-order valence-corrected chi connectivity index (χ4v) is 2.59. The molecule has 0 aliphatic heterocycles. The van der Waals surface area contributed by atoms with Gasteiger partial charge in [0.2, 0.25) is 10.0 Å². The van der Waals surface area contributed by atoms with Crippen LogP contribution in [0, 0.1) is 5.92 Å². The lowest BCUT2D eigenvalue weighted by Gasteiger charge is -2.11. The number of carbonyl (C=O) groups excluding carboxylic acids is 3. The van der Waals surface area contributed by atoms with E-state index in [4.69, 9.17) is 4.74 Å². The van der Waals surface area contributed by atoms with Gasteiger partial charge in [0.1, 0.15) is 0 Å². The van der Waals surface area contributed by atoms with Crippen LogP contribution in [0.3, 0.4) is 0 Å². The van der Waals surface area contributed by atoms with Crippen molar-refractivity contribution >= 4 is 27.9 Å². The molecule has 0 saturated heterocycles. The van der Waals surface area contributed by atoms with Crippen molar-refractivity contribution in [1.29, 1.82) is 0 Å². The summed E-state index contributed by atoms with van der Waals surface area (Å²) in [6.45, 7) is 3.57. The highest BCUT2D eigenvalue weighted by Gasteiger charge is 2.18. The van der Waals surface area contributed by atoms with Crippen LogP contribution in [-0.4, -0.2) is 57.9 Å². The summed E-state index contributed by atoms with van der Waals surface area (Å²) in [7, 11) is -0.805. The number of carbonyl (C=O) groups is 3. The second kappa shape index (κ2) is 9.30. The highest BCUT2D eigenvalue weighted by atomic mass is 32.2. The summed E-state index contributed by atoms with van der Waals surface area (Å²) in [5.74, 6) is -1.35. The lowest BCUT2D eigenvalue weighted by Crippen LogP contribution is -2.42. The number of sulfonamides is 1. The molecule has 1 aromatic carbocycles. The minimum Gasteiger partial charge on any atom is -0.452 e. The van der Waals surface area contributed by atoms with E-state index in [2.05, 4.69) is 5.32 Å². The van der Waals surface area contributed by atoms with Crippen molar-refractivity contribution in [2.45, 2.75) is 18.7 Å². The Balaban J connectivity index is 2.56. The maximum Gasteiger partial charge on any atom is 0.338 e. The van der Waals surface area contributed by atoms with Crippen molar-refractivity contribution < 1.29 is 27.5 Å². The SMILES string of the molecule is CC(C)CNC(=O)NC(=O)COC(=O)c1ccc(S(=O)(=O)N(C)C)cc1. The predicted molar refractivity (Wildman–Crippen MR) is 94.0 cm³/mol. The maximum atomic E-state index is 11.9. The van der Waals surface area contributed by atoms with Gasteiger partial charge in [0, 0.05) is 20.6 Å². The number of nitrogens with zero attached hydrogens (tertiary/aromatic N) is 1. The minimum atomic E-state index is -3.60. The average Bonchev–Trinajstić information content (AvgIpc) is 2.57. The van der Waals surface area contributed by atoms with Crippen LogP contribution in [0.15, 0.2) is 29.2 Å². The molecule has 0 bridgehead atoms. The highest BCUT2D eigenvalue weighted by Crippen LogP contribution is 2.14. The number of hydrogen-bond acceptors (Lipinski definition) is 6. The average molecular weight is 385 g/mol. The molecular weight excluding hydrogens is 362 g/mol. The number of rotatable bonds is 7. The van der Waals surface area contributed by atoms with E-state index in [1.807, 2.05) is 19.2 Å². The van der Waals surface area contributed by atoms with Crippen LogP contribution in [-0.2, 0) is 19.6 Å². The second-order valence-corrected chi connectivity index (χ2v) is 8.19. The van der Waals surface area contributed by atoms with Crippen LogP contribution >= 0.6 is 0 Å². The number of hydrogen-bond donors (Lipinski definition) is 2. The molecule has 1 rings (SSSR count). The number of esters is 1. The maximum absolute atomic E-state index is 11.9. The van der Waals surface area contributed by atoms with Gasteiger partial charge in [-0.15, -0.1) is 0 Å². The third-order valence-electron chi connectivity index (χ3n) is 3.13. The lowest BCUT2D eigenvalue weighted by atomic mass is 10.2. The molecule has 0 radical (unpaired) electrons. The molecule has 10 heteroatoms. The van der Waals surface area contributed by atoms with E-state index in [0.29, 0.717) is 6.54 Å². The van der Waals surface area contributed by atoms with Gasteiger partial charge in [-0.1, -0.05) is 13.8 Å². The van der Waals surface area contributed by atoms with Crippen molar-refractivity contribution in [2.75, 3.05) is 27.2 Å². The number of ether oxygens (including phenoxy) is 1. The van der Waals surface area contributed by atoms with Gasteiger partial charge in [-0.25, -0.2) is 22.3 Å². The molecule has 1 aromatic rings. The van der Waals surface area contributed by atoms with Gasteiger partial charge in [0.25, 0.3) is 5.91 Å². The number of imide groups is 1. The van der Waals surface area contributed by atoms with Crippen molar-refractivity contribution in [3.8, 4) is 0 Å². The van der Waals surface area contributed by atoms with E-state index >= 15 is 0 Å². The third-order valence-corrected chi connectivity index (χ3v) is 4.96. The first-order valence-electron chi connectivity index (χ1n) is 7.81. The molecule has 2 N–H and O–H groups in total. The molecule has 3 amide bonds. The summed E-state index contributed by atoms with van der Waals surface area (Å²) in [5, 5.41) is 4.52. The Kier molecular flexibility index (Phi) is 7.72. The Hall–Kier alpha value is -2.46. The first kappa shape index (κ1) is 21.6. The molecule has 0 atom stereocenters. The molecule has 9 nitrogen and oxygen atoms in total. The van der Waals surface area contributed by atoms with Crippen molar-refractivity contribution in [1.82, 2.24) is 14.9 Å². The summed E-state index contributed by atoms with van der Waals surface area (Å²) < 4.78 is 29.7. The van der Waals surface area contributed by atoms with E-state index in [0.717, 1.165) is 4.31 Å². The summed E-state index contributed by atoms with van der Waals surface area (Å²) >= 11 is 0. The zero-order valence-electron chi connectivity index (χ0n) is 15.1. The highest BCUT2D eigenvalue weighted by molar-refractivity contribution is 7.89. The Morgan fingerprint density at radius 3 is 2.19 bits per heavy atom. The molecule has 0 aromatic heterocycles. The molecule has 0 saturated carbocycles. The number of amides is 3. The van der Waals surface area contributed by atoms with E-state index < -0.39 is 34.5 Å². The van der Waals surface area contributed by atoms with Gasteiger partial charge in [0.05, 0.1) is 10.5 Å². The van der Waals surface area contributed by atoms with Crippen molar-refractivity contribution in [3.63, 3.8) is 0 Å². The molecule has 144 valence electrons. The quantitative estimate of drug-likeness (QED) is 0.662. The van der Waals surface area contributed by atoms with Gasteiger partial charge in [-0.3, -0.25) is 10.1 Å². The normalized spacial score (nSPS) is 11.3. The molecule has 26 heavy (non-hydrogen) atoms. The largest absolute Gasteiger partial charge is 0.452 e. The number of nitrogens with one attached hydrogen (secondary N) is 2. The topological polar surface area (TPSA) is 122 Å². The van der Waals surface area contributed by atoms with E-state index in [-0.39, 0.29) is 16.4 Å². The molecule has 0 fully saturated rings. The third kappa shape index (κ3) is 6.45. The minimum absolute atomic E-state index is 0.0265. The molecule has 0 heterocycles. The van der Waals surface area contributed by atoms with Gasteiger partial charge in [-0.05, 0) is 30.2 Å². The Bertz CT molecular complexity index is 757. The number of urea groups is 1. The zero-order valence-corrected chi connectivity index (χ0v) is 15.9. The molecule has 0 aliphatic rings. The zero-order chi connectivity index (χ0) is 19.9. The fourth-order valence-electron chi connectivity index (χ4n) is 1.69. The van der Waals surface area contributed by atoms with Crippen LogP contribution in [0.2, 0.25) is 0 Å². The second-order valence-electron chi connectivity index (χ2n) is 6.04. The van der Waals surface area contributed by atoms with E-state index in [1.165, 1.54) is 38.4 Å². The standard InChI is InChI=1S/C16H23N3O6S/c1-11(2)9-17-16(22)18-14(20)10-25-15(21)12-5-7-13(8-6-12)26(23,24)19(3)4/h5-8,11H,9-10H2,1-4H3,(H2,17,18,20,22). The molecule has 0 aliphatic carbocycles. The van der Waals surface area contributed by atoms with Gasteiger partial charge in [-0.2, -0.15) is 0 Å². The summed E-state index contributed by atoms with van der Waals surface area (Å²) in [6.07, 6.45) is 0. The van der Waals surface area contributed by atoms with Crippen molar-refractivity contribution in [3.05, 3.63) is 29.8 Å². The first-order chi connectivity index (χ1) is 12.0. The fraction of sp³-hybridized carbons (Fsp3) is 0.438. The van der Waals surface area contributed by atoms with Gasteiger partial charge in [0.15, 0.2) is 6.61 Å². The van der Waals surface area contributed by atoms with Crippen LogP contribution in [0.4, 0.5) is 4.79 Å². The van der Waals surface area contributed by atoms with E-state index in [9.17, 15) is 22.8 Å². The predicted octanol–water partition coefficient (Wildman–Crippen LogP) is 0.576. The van der Waals surface area contributed by atoms with Gasteiger partial charge >= 0.3 is 12.0 Å². The Morgan fingerprint density at radius 2 is 1.69 bits per heavy atom. The van der Waals surface area contributed by atoms with Crippen LogP contribution < -0.4 is 10.6 Å². The van der Waals surface area contributed by atoms with Crippen LogP contribution in [0.5, 0.6) is 0 Å². The summed E-state index contributed by atoms with van der Waals surface area (Å²) in [4.78, 5) is 34.9. The Labute approximate surface area is 152 Å². The first-order valence-corrected chi connectivity index (χ1v) is 9.25. The van der Waals surface area contributed by atoms with Gasteiger partial charge < -0.3 is 10.1 Å². The molecule has 0 unspecified atom stereocenters. The smallest absolute Gasteiger partial charge is 0.338 e. The summed E-state index contributed by atoms with van der Waals surface area (Å²) in [6, 6.07) is 4.44. The monoisotopic (exact) mass is 385 g/mol. The molecule has 0 spiro atoms. The number of benzene rings is 1. The van der Waals surface area contributed by atoms with Crippen LogP contribution in [0.1, 0.15) is 24.2 Å². The Morgan fingerprint density at radius 1 is 1.12 bits per heavy atom.